The van der Waals surface area contributed by atoms with Crippen LogP contribution in [0.5, 0.6) is 0 Å². The first-order valence-corrected chi connectivity index (χ1v) is 7.65. The number of nitrogens with one attached hydrogen (secondary N) is 1. The molecule has 1 aliphatic heterocycles. The highest BCUT2D eigenvalue weighted by Gasteiger charge is 2.24. The Balaban J connectivity index is 2.07. The largest absolute Gasteiger partial charge is 0.317 e. The van der Waals surface area contributed by atoms with E-state index in [1.54, 1.807) is 12.3 Å². The molecule has 2 rings (SSSR count). The van der Waals surface area contributed by atoms with Crippen LogP contribution in [0.4, 0.5) is 4.39 Å². The highest BCUT2D eigenvalue weighted by Crippen LogP contribution is 2.25. The maximum Gasteiger partial charge on any atom is 0.141 e. The lowest BCUT2D eigenvalue weighted by Gasteiger charge is -2.37. The number of aromatic nitrogens is 1. The highest BCUT2D eigenvalue weighted by molar-refractivity contribution is 5.14. The Morgan fingerprint density at radius 1 is 1.30 bits per heavy atom. The van der Waals surface area contributed by atoms with Gasteiger partial charge in [-0.15, -0.1) is 0 Å². The van der Waals surface area contributed by atoms with Crippen molar-refractivity contribution in [3.8, 4) is 0 Å². The molecule has 1 aromatic rings. The van der Waals surface area contributed by atoms with Crippen LogP contribution < -0.4 is 5.32 Å². The topological polar surface area (TPSA) is 28.2 Å². The third kappa shape index (κ3) is 4.00. The molecule has 1 fully saturated rings. The van der Waals surface area contributed by atoms with Gasteiger partial charge >= 0.3 is 0 Å². The van der Waals surface area contributed by atoms with Gasteiger partial charge < -0.3 is 5.32 Å². The Labute approximate surface area is 121 Å². The lowest BCUT2D eigenvalue weighted by atomic mass is 9.95. The summed E-state index contributed by atoms with van der Waals surface area (Å²) in [7, 11) is 0. The lowest BCUT2D eigenvalue weighted by molar-refractivity contribution is 0.124. The summed E-state index contributed by atoms with van der Waals surface area (Å²) in [6, 6.07) is 2.26. The molecule has 1 atom stereocenters. The summed E-state index contributed by atoms with van der Waals surface area (Å²) >= 11 is 0. The van der Waals surface area contributed by atoms with E-state index in [9.17, 15) is 4.39 Å². The Hall–Kier alpha value is -1.00. The average Bonchev–Trinajstić information content (AvgIpc) is 2.45. The number of pyridine rings is 1. The Bertz CT molecular complexity index is 416. The molecule has 20 heavy (non-hydrogen) atoms. The summed E-state index contributed by atoms with van der Waals surface area (Å²) in [6.07, 6.45) is 5.52. The molecule has 112 valence electrons. The van der Waals surface area contributed by atoms with Crippen LogP contribution in [0.3, 0.4) is 0 Å². The van der Waals surface area contributed by atoms with Crippen molar-refractivity contribution in [2.24, 2.45) is 5.92 Å². The lowest BCUT2D eigenvalue weighted by Crippen LogP contribution is -2.40. The van der Waals surface area contributed by atoms with Crippen LogP contribution in [0, 0.1) is 11.7 Å². The molecule has 1 N–H and O–H groups in total. The van der Waals surface area contributed by atoms with E-state index in [1.807, 2.05) is 0 Å². The van der Waals surface area contributed by atoms with Gasteiger partial charge in [-0.3, -0.25) is 9.88 Å². The Kier molecular flexibility index (Phi) is 5.49. The number of halogens is 1. The maximum absolute atomic E-state index is 13.4. The minimum absolute atomic E-state index is 0.202. The standard InChI is InChI=1S/C16H26FN3/c1-12(2)20(11-14-4-6-18-7-5-14)13(3)15-8-16(17)10-19-9-15/h8-10,12-14,18H,4-7,11H2,1-3H3. The summed E-state index contributed by atoms with van der Waals surface area (Å²) in [5.41, 5.74) is 0.965. The smallest absolute Gasteiger partial charge is 0.141 e. The normalized spacial score (nSPS) is 18.7. The number of piperidine rings is 1. The number of rotatable bonds is 5. The zero-order valence-electron chi connectivity index (χ0n) is 12.8. The summed E-state index contributed by atoms with van der Waals surface area (Å²) in [4.78, 5) is 6.45. The first-order valence-electron chi connectivity index (χ1n) is 7.65. The minimum atomic E-state index is -0.250. The first kappa shape index (κ1) is 15.4. The van der Waals surface area contributed by atoms with E-state index in [0.29, 0.717) is 6.04 Å². The van der Waals surface area contributed by atoms with Crippen LogP contribution in [-0.2, 0) is 0 Å². The third-order valence-corrected chi connectivity index (χ3v) is 4.30. The molecule has 1 saturated heterocycles. The second-order valence-electron chi connectivity index (χ2n) is 6.10. The zero-order chi connectivity index (χ0) is 14.5. The Morgan fingerprint density at radius 2 is 2.00 bits per heavy atom. The molecule has 0 bridgehead atoms. The molecule has 0 aliphatic carbocycles. The van der Waals surface area contributed by atoms with Crippen molar-refractivity contribution in [2.75, 3.05) is 19.6 Å². The van der Waals surface area contributed by atoms with Gasteiger partial charge in [0.1, 0.15) is 5.82 Å². The maximum atomic E-state index is 13.4. The molecule has 0 aromatic carbocycles. The van der Waals surface area contributed by atoms with Crippen molar-refractivity contribution in [3.63, 3.8) is 0 Å². The fourth-order valence-electron chi connectivity index (χ4n) is 3.03. The van der Waals surface area contributed by atoms with Crippen molar-refractivity contribution in [2.45, 2.75) is 45.7 Å². The number of hydrogen-bond donors (Lipinski definition) is 1. The van der Waals surface area contributed by atoms with Crippen LogP contribution in [-0.4, -0.2) is 35.6 Å². The summed E-state index contributed by atoms with van der Waals surface area (Å²) in [6.45, 7) is 9.89. The summed E-state index contributed by atoms with van der Waals surface area (Å²) in [5, 5.41) is 3.41. The van der Waals surface area contributed by atoms with E-state index < -0.39 is 0 Å². The van der Waals surface area contributed by atoms with Gasteiger partial charge in [-0.05, 0) is 64.3 Å². The molecular formula is C16H26FN3. The van der Waals surface area contributed by atoms with Gasteiger partial charge in [0.05, 0.1) is 6.20 Å². The molecule has 4 heteroatoms. The number of hydrogen-bond acceptors (Lipinski definition) is 3. The molecule has 0 amide bonds. The van der Waals surface area contributed by atoms with Gasteiger partial charge in [0.25, 0.3) is 0 Å². The van der Waals surface area contributed by atoms with Gasteiger partial charge in [0.15, 0.2) is 0 Å². The average molecular weight is 279 g/mol. The first-order chi connectivity index (χ1) is 9.58. The van der Waals surface area contributed by atoms with E-state index in [1.165, 1.54) is 19.0 Å². The minimum Gasteiger partial charge on any atom is -0.317 e. The van der Waals surface area contributed by atoms with Gasteiger partial charge in [0.2, 0.25) is 0 Å². The molecule has 3 nitrogen and oxygen atoms in total. The van der Waals surface area contributed by atoms with Crippen molar-refractivity contribution in [1.29, 1.82) is 0 Å². The van der Waals surface area contributed by atoms with Crippen LogP contribution in [0.1, 0.15) is 45.2 Å². The second-order valence-corrected chi connectivity index (χ2v) is 6.10. The van der Waals surface area contributed by atoms with E-state index in [2.05, 4.69) is 36.0 Å². The second kappa shape index (κ2) is 7.14. The summed E-state index contributed by atoms with van der Waals surface area (Å²) < 4.78 is 13.4. The predicted molar refractivity (Wildman–Crippen MR) is 80.0 cm³/mol. The molecule has 1 aromatic heterocycles. The Morgan fingerprint density at radius 3 is 2.60 bits per heavy atom. The van der Waals surface area contributed by atoms with Gasteiger partial charge in [-0.25, -0.2) is 4.39 Å². The fourth-order valence-corrected chi connectivity index (χ4v) is 3.03. The van der Waals surface area contributed by atoms with Crippen molar-refractivity contribution < 1.29 is 4.39 Å². The SMILES string of the molecule is CC(C)N(CC1CCNCC1)C(C)c1cncc(F)c1. The highest BCUT2D eigenvalue weighted by atomic mass is 19.1. The van der Waals surface area contributed by atoms with Crippen LogP contribution in [0.2, 0.25) is 0 Å². The van der Waals surface area contributed by atoms with Crippen molar-refractivity contribution in [1.82, 2.24) is 15.2 Å². The quantitative estimate of drug-likeness (QED) is 0.898. The van der Waals surface area contributed by atoms with E-state index in [4.69, 9.17) is 0 Å². The molecular weight excluding hydrogens is 253 g/mol. The van der Waals surface area contributed by atoms with Crippen LogP contribution in [0.15, 0.2) is 18.5 Å². The van der Waals surface area contributed by atoms with Gasteiger partial charge in [0, 0.05) is 24.8 Å². The monoisotopic (exact) mass is 279 g/mol. The molecule has 0 saturated carbocycles. The van der Waals surface area contributed by atoms with Crippen LogP contribution >= 0.6 is 0 Å². The van der Waals surface area contributed by atoms with E-state index in [0.717, 1.165) is 31.1 Å². The van der Waals surface area contributed by atoms with Crippen molar-refractivity contribution >= 4 is 0 Å². The van der Waals surface area contributed by atoms with Crippen molar-refractivity contribution in [3.05, 3.63) is 29.8 Å². The van der Waals surface area contributed by atoms with Crippen LogP contribution in [0.25, 0.3) is 0 Å². The third-order valence-electron chi connectivity index (χ3n) is 4.30. The zero-order valence-corrected chi connectivity index (χ0v) is 12.8. The molecule has 1 aliphatic rings. The molecule has 0 spiro atoms. The van der Waals surface area contributed by atoms with E-state index in [-0.39, 0.29) is 11.9 Å². The van der Waals surface area contributed by atoms with Gasteiger partial charge in [-0.1, -0.05) is 0 Å². The molecule has 1 unspecified atom stereocenters. The van der Waals surface area contributed by atoms with Gasteiger partial charge in [-0.2, -0.15) is 0 Å². The van der Waals surface area contributed by atoms with E-state index >= 15 is 0 Å². The predicted octanol–water partition coefficient (Wildman–Crippen LogP) is 2.99. The molecule has 2 heterocycles. The summed E-state index contributed by atoms with van der Waals surface area (Å²) in [5.74, 6) is 0.488. The number of nitrogens with zero attached hydrogens (tertiary/aromatic N) is 2. The fraction of sp³-hybridized carbons (Fsp3) is 0.688. The molecule has 0 radical (unpaired) electrons.